The second kappa shape index (κ2) is 10.6. The number of ether oxygens (including phenoxy) is 2. The van der Waals surface area contributed by atoms with E-state index in [0.29, 0.717) is 5.56 Å². The molecule has 0 bridgehead atoms. The Bertz CT molecular complexity index is 1190. The van der Waals surface area contributed by atoms with Crippen molar-refractivity contribution < 1.29 is 23.9 Å². The molecule has 0 aromatic heterocycles. The molecule has 0 saturated heterocycles. The minimum Gasteiger partial charge on any atom is -0.449 e. The first-order chi connectivity index (χ1) is 16.5. The Morgan fingerprint density at radius 2 is 1.44 bits per heavy atom. The van der Waals surface area contributed by atoms with Gasteiger partial charge in [-0.15, -0.1) is 0 Å². The molecule has 1 aliphatic carbocycles. The van der Waals surface area contributed by atoms with E-state index in [0.717, 1.165) is 22.3 Å². The van der Waals surface area contributed by atoms with E-state index in [4.69, 9.17) is 9.47 Å². The molecule has 0 fully saturated rings. The highest BCUT2D eigenvalue weighted by atomic mass is 16.5. The van der Waals surface area contributed by atoms with Crippen LogP contribution in [0.3, 0.4) is 0 Å². The largest absolute Gasteiger partial charge is 0.449 e. The molecular formula is C28H25NO5. The molecular weight excluding hydrogens is 430 g/mol. The average molecular weight is 456 g/mol. The molecule has 4 rings (SSSR count). The molecule has 0 radical (unpaired) electrons. The van der Waals surface area contributed by atoms with E-state index in [9.17, 15) is 14.4 Å². The molecule has 6 heteroatoms. The van der Waals surface area contributed by atoms with E-state index in [1.54, 1.807) is 24.3 Å². The van der Waals surface area contributed by atoms with E-state index in [2.05, 4.69) is 29.6 Å². The maximum atomic E-state index is 12.2. The molecule has 3 aromatic carbocycles. The fourth-order valence-electron chi connectivity index (χ4n) is 4.05. The zero-order valence-corrected chi connectivity index (χ0v) is 18.8. The Morgan fingerprint density at radius 1 is 0.853 bits per heavy atom. The van der Waals surface area contributed by atoms with Crippen molar-refractivity contribution in [1.82, 2.24) is 5.32 Å². The number of alkyl carbamates (subject to hydrolysis) is 1. The highest BCUT2D eigenvalue weighted by molar-refractivity contribution is 6.04. The van der Waals surface area contributed by atoms with Crippen molar-refractivity contribution in [3.63, 3.8) is 0 Å². The van der Waals surface area contributed by atoms with Gasteiger partial charge in [0.05, 0.1) is 6.42 Å². The van der Waals surface area contributed by atoms with Gasteiger partial charge in [-0.2, -0.15) is 0 Å². The van der Waals surface area contributed by atoms with Gasteiger partial charge in [-0.3, -0.25) is 9.59 Å². The molecule has 34 heavy (non-hydrogen) atoms. The van der Waals surface area contributed by atoms with Gasteiger partial charge in [0.15, 0.2) is 5.78 Å². The minimum atomic E-state index is -0.596. The van der Waals surface area contributed by atoms with Gasteiger partial charge in [0.25, 0.3) is 0 Å². The van der Waals surface area contributed by atoms with Crippen molar-refractivity contribution in [2.24, 2.45) is 0 Å². The summed E-state index contributed by atoms with van der Waals surface area (Å²) in [6, 6.07) is 24.9. The van der Waals surface area contributed by atoms with E-state index >= 15 is 0 Å². The first-order valence-electron chi connectivity index (χ1n) is 11.1. The number of benzene rings is 3. The van der Waals surface area contributed by atoms with Crippen LogP contribution < -0.4 is 5.32 Å². The third-order valence-corrected chi connectivity index (χ3v) is 5.61. The lowest BCUT2D eigenvalue weighted by Crippen LogP contribution is -2.28. The zero-order valence-electron chi connectivity index (χ0n) is 18.8. The van der Waals surface area contributed by atoms with Gasteiger partial charge >= 0.3 is 12.1 Å². The Kier molecular flexibility index (Phi) is 7.18. The van der Waals surface area contributed by atoms with Crippen molar-refractivity contribution in [2.75, 3.05) is 13.2 Å². The maximum Gasteiger partial charge on any atom is 0.407 e. The number of hydrogen-bond acceptors (Lipinski definition) is 5. The van der Waals surface area contributed by atoms with Crippen molar-refractivity contribution in [2.45, 2.75) is 19.3 Å². The number of carbonyl (C=O) groups is 3. The lowest BCUT2D eigenvalue weighted by Gasteiger charge is -2.14. The molecule has 0 aliphatic heterocycles. The first-order valence-corrected chi connectivity index (χ1v) is 11.1. The molecule has 6 nitrogen and oxygen atoms in total. The first kappa shape index (κ1) is 23.0. The smallest absolute Gasteiger partial charge is 0.407 e. The number of allylic oxidation sites excluding steroid dienone is 2. The number of fused-ring (bicyclic) bond motifs is 3. The minimum absolute atomic E-state index is 0.0296. The predicted octanol–water partition coefficient (Wildman–Crippen LogP) is 5.25. The summed E-state index contributed by atoms with van der Waals surface area (Å²) in [6.45, 7) is 1.81. The number of hydrogen-bond donors (Lipinski definition) is 1. The standard InChI is InChI=1S/C28H25NO5/c1-19(17-26(30)20-9-3-2-4-10-20)34-27(31)15-16-29-28(32)33-18-25-23-13-7-5-11-21(23)22-12-6-8-14-24(22)25/h2-14,17,25H,15-16,18H2,1H3,(H,29,32). The Balaban J connectivity index is 1.22. The summed E-state index contributed by atoms with van der Waals surface area (Å²) in [6.07, 6.45) is 0.627. The van der Waals surface area contributed by atoms with Gasteiger partial charge in [-0.05, 0) is 29.2 Å². The SMILES string of the molecule is CC(=CC(=O)c1ccccc1)OC(=O)CCNC(=O)OCC1c2ccccc2-c2ccccc21. The molecule has 1 amide bonds. The summed E-state index contributed by atoms with van der Waals surface area (Å²) >= 11 is 0. The van der Waals surface area contributed by atoms with Crippen LogP contribution in [0.2, 0.25) is 0 Å². The average Bonchev–Trinajstić information content (AvgIpc) is 3.17. The van der Waals surface area contributed by atoms with Crippen molar-refractivity contribution in [1.29, 1.82) is 0 Å². The van der Waals surface area contributed by atoms with E-state index < -0.39 is 12.1 Å². The van der Waals surface area contributed by atoms with E-state index in [1.807, 2.05) is 30.3 Å². The number of rotatable bonds is 8. The summed E-state index contributed by atoms with van der Waals surface area (Å²) in [5, 5.41) is 2.58. The van der Waals surface area contributed by atoms with Crippen molar-refractivity contribution >= 4 is 17.8 Å². The fraction of sp³-hybridized carbons (Fsp3) is 0.179. The van der Waals surface area contributed by atoms with Crippen LogP contribution >= 0.6 is 0 Å². The van der Waals surface area contributed by atoms with Crippen molar-refractivity contribution in [3.8, 4) is 11.1 Å². The quantitative estimate of drug-likeness (QED) is 0.217. The molecule has 0 spiro atoms. The topological polar surface area (TPSA) is 81.7 Å². The highest BCUT2D eigenvalue weighted by Crippen LogP contribution is 2.44. The number of carbonyl (C=O) groups excluding carboxylic acids is 3. The van der Waals surface area contributed by atoms with Crippen LogP contribution in [0.15, 0.2) is 90.7 Å². The molecule has 0 saturated carbocycles. The normalized spacial score (nSPS) is 12.4. The summed E-state index contributed by atoms with van der Waals surface area (Å²) in [5.74, 6) is -0.630. The summed E-state index contributed by atoms with van der Waals surface area (Å²) in [4.78, 5) is 36.4. The third kappa shape index (κ3) is 5.41. The van der Waals surface area contributed by atoms with Gasteiger partial charge in [-0.25, -0.2) is 4.79 Å². The second-order valence-corrected chi connectivity index (χ2v) is 7.96. The van der Waals surface area contributed by atoms with Gasteiger partial charge in [0, 0.05) is 24.1 Å². The zero-order chi connectivity index (χ0) is 23.9. The Labute approximate surface area is 198 Å². The molecule has 0 atom stereocenters. The lowest BCUT2D eigenvalue weighted by atomic mass is 9.98. The van der Waals surface area contributed by atoms with Crippen LogP contribution in [-0.4, -0.2) is 31.0 Å². The third-order valence-electron chi connectivity index (χ3n) is 5.61. The second-order valence-electron chi connectivity index (χ2n) is 7.96. The van der Waals surface area contributed by atoms with Gasteiger partial charge in [-0.1, -0.05) is 78.9 Å². The van der Waals surface area contributed by atoms with Crippen LogP contribution in [0.1, 0.15) is 40.7 Å². The lowest BCUT2D eigenvalue weighted by molar-refractivity contribution is -0.139. The maximum absolute atomic E-state index is 12.2. The summed E-state index contributed by atoms with van der Waals surface area (Å²) in [7, 11) is 0. The molecule has 3 aromatic rings. The van der Waals surface area contributed by atoms with Crippen LogP contribution in [0, 0.1) is 0 Å². The Morgan fingerprint density at radius 3 is 2.09 bits per heavy atom. The van der Waals surface area contributed by atoms with Gasteiger partial charge < -0.3 is 14.8 Å². The fourth-order valence-corrected chi connectivity index (χ4v) is 4.05. The number of ketones is 1. The van der Waals surface area contributed by atoms with Crippen LogP contribution in [0.5, 0.6) is 0 Å². The predicted molar refractivity (Wildman–Crippen MR) is 128 cm³/mol. The van der Waals surface area contributed by atoms with Crippen LogP contribution in [-0.2, 0) is 14.3 Å². The van der Waals surface area contributed by atoms with Crippen LogP contribution in [0.25, 0.3) is 11.1 Å². The number of esters is 1. The van der Waals surface area contributed by atoms with Crippen LogP contribution in [0.4, 0.5) is 4.79 Å². The summed E-state index contributed by atoms with van der Waals surface area (Å²) < 4.78 is 10.6. The Hall–Kier alpha value is -4.19. The molecule has 1 aliphatic rings. The summed E-state index contributed by atoms with van der Waals surface area (Å²) in [5.41, 5.74) is 5.09. The molecule has 0 unspecified atom stereocenters. The van der Waals surface area contributed by atoms with E-state index in [1.165, 1.54) is 13.0 Å². The molecule has 172 valence electrons. The van der Waals surface area contributed by atoms with Gasteiger partial charge in [0.1, 0.15) is 12.4 Å². The van der Waals surface area contributed by atoms with Crippen molar-refractivity contribution in [3.05, 3.63) is 107 Å². The van der Waals surface area contributed by atoms with Gasteiger partial charge in [0.2, 0.25) is 0 Å². The monoisotopic (exact) mass is 455 g/mol. The van der Waals surface area contributed by atoms with E-state index in [-0.39, 0.29) is 37.0 Å². The number of nitrogens with one attached hydrogen (secondary N) is 1. The molecule has 0 heterocycles. The number of amides is 1. The molecule has 1 N–H and O–H groups in total. The highest BCUT2D eigenvalue weighted by Gasteiger charge is 2.28.